The third kappa shape index (κ3) is 2.78. The van der Waals surface area contributed by atoms with Gasteiger partial charge in [0.25, 0.3) is 0 Å². The molecule has 0 fully saturated rings. The van der Waals surface area contributed by atoms with Gasteiger partial charge in [0.15, 0.2) is 0 Å². The van der Waals surface area contributed by atoms with E-state index in [-0.39, 0.29) is 0 Å². The molecule has 2 aromatic carbocycles. The van der Waals surface area contributed by atoms with Gasteiger partial charge in [0.2, 0.25) is 0 Å². The Morgan fingerprint density at radius 2 is 1.89 bits per heavy atom. The third-order valence-corrected chi connectivity index (χ3v) is 3.37. The quantitative estimate of drug-likeness (QED) is 0.850. The number of rotatable bonds is 3. The van der Waals surface area contributed by atoms with Gasteiger partial charge in [-0.1, -0.05) is 35.3 Å². The maximum atomic E-state index is 10.5. The van der Waals surface area contributed by atoms with Gasteiger partial charge in [-0.15, -0.1) is 0 Å². The Morgan fingerprint density at radius 3 is 2.58 bits per heavy atom. The average molecular weight is 298 g/mol. The molecule has 19 heavy (non-hydrogen) atoms. The van der Waals surface area contributed by atoms with Crippen LogP contribution in [0.2, 0.25) is 10.0 Å². The molecule has 0 spiro atoms. The molecule has 0 radical (unpaired) electrons. The van der Waals surface area contributed by atoms with Gasteiger partial charge in [0.1, 0.15) is 11.9 Å². The SMILES string of the molecule is COc1c(Cl)cccc1C(O)c1cc(Cl)ccc1N. The number of anilines is 1. The van der Waals surface area contributed by atoms with Gasteiger partial charge in [-0.3, -0.25) is 0 Å². The molecular weight excluding hydrogens is 285 g/mol. The fourth-order valence-corrected chi connectivity index (χ4v) is 2.35. The van der Waals surface area contributed by atoms with Crippen molar-refractivity contribution < 1.29 is 9.84 Å². The molecule has 2 aromatic rings. The van der Waals surface area contributed by atoms with E-state index in [0.717, 1.165) is 0 Å². The molecule has 0 aliphatic carbocycles. The van der Waals surface area contributed by atoms with E-state index in [1.54, 1.807) is 36.4 Å². The second kappa shape index (κ2) is 5.70. The van der Waals surface area contributed by atoms with Gasteiger partial charge >= 0.3 is 0 Å². The molecule has 3 nitrogen and oxygen atoms in total. The molecule has 0 aromatic heterocycles. The summed E-state index contributed by atoms with van der Waals surface area (Å²) in [6, 6.07) is 10.1. The van der Waals surface area contributed by atoms with E-state index in [1.165, 1.54) is 7.11 Å². The summed E-state index contributed by atoms with van der Waals surface area (Å²) in [6.07, 6.45) is -0.952. The van der Waals surface area contributed by atoms with E-state index in [0.29, 0.717) is 32.6 Å². The van der Waals surface area contributed by atoms with E-state index in [4.69, 9.17) is 33.7 Å². The number of ether oxygens (including phenoxy) is 1. The Bertz CT molecular complexity index is 602. The highest BCUT2D eigenvalue weighted by molar-refractivity contribution is 6.32. The predicted octanol–water partition coefficient (Wildman–Crippen LogP) is 3.67. The van der Waals surface area contributed by atoms with Gasteiger partial charge in [-0.2, -0.15) is 0 Å². The van der Waals surface area contributed by atoms with Crippen LogP contribution in [0, 0.1) is 0 Å². The van der Waals surface area contributed by atoms with Crippen LogP contribution in [0.3, 0.4) is 0 Å². The number of nitrogen functional groups attached to an aromatic ring is 1. The van der Waals surface area contributed by atoms with Crippen LogP contribution in [-0.4, -0.2) is 12.2 Å². The number of methoxy groups -OCH3 is 1. The van der Waals surface area contributed by atoms with E-state index < -0.39 is 6.10 Å². The highest BCUT2D eigenvalue weighted by Crippen LogP contribution is 2.37. The lowest BCUT2D eigenvalue weighted by molar-refractivity contribution is 0.215. The minimum Gasteiger partial charge on any atom is -0.495 e. The van der Waals surface area contributed by atoms with Crippen molar-refractivity contribution in [1.29, 1.82) is 0 Å². The summed E-state index contributed by atoms with van der Waals surface area (Å²) in [5.41, 5.74) is 7.39. The summed E-state index contributed by atoms with van der Waals surface area (Å²) in [5, 5.41) is 11.4. The van der Waals surface area contributed by atoms with E-state index in [9.17, 15) is 5.11 Å². The number of benzene rings is 2. The molecule has 5 heteroatoms. The Hall–Kier alpha value is -1.42. The Morgan fingerprint density at radius 1 is 1.16 bits per heavy atom. The van der Waals surface area contributed by atoms with Crippen LogP contribution >= 0.6 is 23.2 Å². The van der Waals surface area contributed by atoms with Crippen molar-refractivity contribution in [2.45, 2.75) is 6.10 Å². The normalized spacial score (nSPS) is 12.2. The van der Waals surface area contributed by atoms with Crippen molar-refractivity contribution in [3.8, 4) is 5.75 Å². The fraction of sp³-hybridized carbons (Fsp3) is 0.143. The van der Waals surface area contributed by atoms with Crippen LogP contribution < -0.4 is 10.5 Å². The highest BCUT2D eigenvalue weighted by Gasteiger charge is 2.19. The molecule has 0 saturated carbocycles. The zero-order valence-electron chi connectivity index (χ0n) is 10.2. The van der Waals surface area contributed by atoms with E-state index in [2.05, 4.69) is 0 Å². The molecule has 1 atom stereocenters. The molecule has 2 rings (SSSR count). The molecule has 100 valence electrons. The maximum absolute atomic E-state index is 10.5. The van der Waals surface area contributed by atoms with Crippen LogP contribution in [0.25, 0.3) is 0 Å². The smallest absolute Gasteiger partial charge is 0.143 e. The van der Waals surface area contributed by atoms with E-state index >= 15 is 0 Å². The van der Waals surface area contributed by atoms with Gasteiger partial charge in [-0.05, 0) is 24.3 Å². The standard InChI is InChI=1S/C14H13Cl2NO2/c1-19-14-9(3-2-4-11(14)16)13(18)10-7-8(15)5-6-12(10)17/h2-7,13,18H,17H2,1H3. The van der Waals surface area contributed by atoms with Crippen molar-refractivity contribution in [2.24, 2.45) is 0 Å². The van der Waals surface area contributed by atoms with Crippen molar-refractivity contribution in [3.63, 3.8) is 0 Å². The maximum Gasteiger partial charge on any atom is 0.143 e. The first-order chi connectivity index (χ1) is 9.04. The van der Waals surface area contributed by atoms with Crippen molar-refractivity contribution >= 4 is 28.9 Å². The van der Waals surface area contributed by atoms with Crippen LogP contribution in [0.1, 0.15) is 17.2 Å². The van der Waals surface area contributed by atoms with Crippen molar-refractivity contribution in [2.75, 3.05) is 12.8 Å². The van der Waals surface area contributed by atoms with Crippen LogP contribution in [-0.2, 0) is 0 Å². The summed E-state index contributed by atoms with van der Waals surface area (Å²) < 4.78 is 5.22. The van der Waals surface area contributed by atoms with Gasteiger partial charge in [-0.25, -0.2) is 0 Å². The average Bonchev–Trinajstić information content (AvgIpc) is 2.40. The number of nitrogens with two attached hydrogens (primary N) is 1. The Labute approximate surface area is 121 Å². The zero-order chi connectivity index (χ0) is 14.0. The lowest BCUT2D eigenvalue weighted by atomic mass is 9.99. The zero-order valence-corrected chi connectivity index (χ0v) is 11.7. The Balaban J connectivity index is 2.52. The molecule has 0 amide bonds. The number of aliphatic hydroxyl groups is 1. The second-order valence-corrected chi connectivity index (χ2v) is 4.88. The van der Waals surface area contributed by atoms with E-state index in [1.807, 2.05) is 0 Å². The number of para-hydroxylation sites is 1. The molecule has 0 heterocycles. The predicted molar refractivity (Wildman–Crippen MR) is 77.9 cm³/mol. The lowest BCUT2D eigenvalue weighted by Gasteiger charge is -2.17. The van der Waals surface area contributed by atoms with Crippen LogP contribution in [0.5, 0.6) is 5.75 Å². The molecule has 0 saturated heterocycles. The molecule has 0 aliphatic rings. The van der Waals surface area contributed by atoms with Gasteiger partial charge in [0.05, 0.1) is 12.1 Å². The number of hydrogen-bond acceptors (Lipinski definition) is 3. The molecule has 0 aliphatic heterocycles. The first-order valence-corrected chi connectivity index (χ1v) is 6.35. The minimum absolute atomic E-state index is 0.427. The third-order valence-electron chi connectivity index (χ3n) is 2.84. The largest absolute Gasteiger partial charge is 0.495 e. The molecule has 3 N–H and O–H groups in total. The van der Waals surface area contributed by atoms with Crippen molar-refractivity contribution in [3.05, 3.63) is 57.6 Å². The van der Waals surface area contributed by atoms with Crippen LogP contribution in [0.4, 0.5) is 5.69 Å². The summed E-state index contributed by atoms with van der Waals surface area (Å²) in [7, 11) is 1.50. The fourth-order valence-electron chi connectivity index (χ4n) is 1.91. The number of aliphatic hydroxyl groups excluding tert-OH is 1. The second-order valence-electron chi connectivity index (χ2n) is 4.04. The van der Waals surface area contributed by atoms with Gasteiger partial charge in [0, 0.05) is 21.8 Å². The monoisotopic (exact) mass is 297 g/mol. The summed E-state index contributed by atoms with van der Waals surface area (Å²) >= 11 is 12.0. The minimum atomic E-state index is -0.952. The first-order valence-electron chi connectivity index (χ1n) is 5.60. The molecule has 0 bridgehead atoms. The van der Waals surface area contributed by atoms with Crippen molar-refractivity contribution in [1.82, 2.24) is 0 Å². The summed E-state index contributed by atoms with van der Waals surface area (Å²) in [5.74, 6) is 0.427. The number of halogens is 2. The lowest BCUT2D eigenvalue weighted by Crippen LogP contribution is -2.06. The summed E-state index contributed by atoms with van der Waals surface area (Å²) in [4.78, 5) is 0. The topological polar surface area (TPSA) is 55.5 Å². The number of hydrogen-bond donors (Lipinski definition) is 2. The molecule has 1 unspecified atom stereocenters. The first kappa shape index (κ1) is 14.0. The van der Waals surface area contributed by atoms with Crippen LogP contribution in [0.15, 0.2) is 36.4 Å². The van der Waals surface area contributed by atoms with Gasteiger partial charge < -0.3 is 15.6 Å². The molecular formula is C14H13Cl2NO2. The Kier molecular flexibility index (Phi) is 4.20. The highest BCUT2D eigenvalue weighted by atomic mass is 35.5. The summed E-state index contributed by atoms with van der Waals surface area (Å²) in [6.45, 7) is 0.